The molecule has 1 aromatic rings. The molecular weight excluding hydrogens is 328 g/mol. The third-order valence-electron chi connectivity index (χ3n) is 3.75. The molecule has 0 aromatic carbocycles. The van der Waals surface area contributed by atoms with Gasteiger partial charge in [-0.05, 0) is 30.9 Å². The highest BCUT2D eigenvalue weighted by atomic mass is 32.2. The van der Waals surface area contributed by atoms with Crippen LogP contribution in [0.25, 0.3) is 0 Å². The summed E-state index contributed by atoms with van der Waals surface area (Å²) in [5.41, 5.74) is 0. The van der Waals surface area contributed by atoms with Crippen LogP contribution < -0.4 is 10.6 Å². The summed E-state index contributed by atoms with van der Waals surface area (Å²) in [4.78, 5) is 15.6. The van der Waals surface area contributed by atoms with E-state index in [-0.39, 0.29) is 29.5 Å². The fourth-order valence-corrected chi connectivity index (χ4v) is 3.07. The summed E-state index contributed by atoms with van der Waals surface area (Å²) < 4.78 is 48.6. The number of aromatic nitrogens is 1. The molecule has 0 saturated heterocycles. The Labute approximate surface area is 133 Å². The predicted octanol–water partition coefficient (Wildman–Crippen LogP) is 2.43. The Bertz CT molecular complexity index is 662. The van der Waals surface area contributed by atoms with Crippen LogP contribution in [0.2, 0.25) is 0 Å². The Morgan fingerprint density at radius 3 is 2.70 bits per heavy atom. The van der Waals surface area contributed by atoms with Crippen molar-refractivity contribution in [2.45, 2.75) is 36.5 Å². The van der Waals surface area contributed by atoms with Crippen LogP contribution in [0.4, 0.5) is 19.4 Å². The molecule has 0 bridgehead atoms. The Morgan fingerprint density at radius 2 is 2.17 bits per heavy atom. The molecule has 1 aliphatic carbocycles. The lowest BCUT2D eigenvalue weighted by Gasteiger charge is -2.11. The zero-order chi connectivity index (χ0) is 17.1. The lowest BCUT2D eigenvalue weighted by Crippen LogP contribution is -2.30. The summed E-state index contributed by atoms with van der Waals surface area (Å²) in [5.74, 6) is -2.43. The van der Waals surface area contributed by atoms with E-state index in [0.717, 1.165) is 12.5 Å². The van der Waals surface area contributed by atoms with E-state index in [1.165, 1.54) is 12.1 Å². The van der Waals surface area contributed by atoms with E-state index < -0.39 is 21.8 Å². The first kappa shape index (κ1) is 17.6. The van der Waals surface area contributed by atoms with Crippen LogP contribution >= 0.6 is 0 Å². The van der Waals surface area contributed by atoms with E-state index in [9.17, 15) is 22.0 Å². The van der Waals surface area contributed by atoms with Gasteiger partial charge >= 0.3 is 6.03 Å². The maximum atomic E-state index is 13.0. The first-order chi connectivity index (χ1) is 10.7. The standard InChI is InChI=1S/C14H19F2N3O3S/c1-23(21,22)11-2-3-12(18-9-11)19-13(20)17-7-5-10-4-6-14(15,16)8-10/h2-3,9-10H,4-8H2,1H3,(H2,17,18,19,20). The minimum Gasteiger partial charge on any atom is -0.338 e. The van der Waals surface area contributed by atoms with Crippen LogP contribution in [0.15, 0.2) is 23.2 Å². The van der Waals surface area contributed by atoms with Gasteiger partial charge in [-0.3, -0.25) is 5.32 Å². The van der Waals surface area contributed by atoms with Gasteiger partial charge in [-0.15, -0.1) is 0 Å². The molecule has 1 atom stereocenters. The number of pyridine rings is 1. The molecule has 23 heavy (non-hydrogen) atoms. The van der Waals surface area contributed by atoms with Crippen molar-refractivity contribution in [3.8, 4) is 0 Å². The monoisotopic (exact) mass is 347 g/mol. The Morgan fingerprint density at radius 1 is 1.43 bits per heavy atom. The zero-order valence-electron chi connectivity index (χ0n) is 12.7. The third kappa shape index (κ3) is 5.42. The predicted molar refractivity (Wildman–Crippen MR) is 81.3 cm³/mol. The van der Waals surface area contributed by atoms with Crippen molar-refractivity contribution >= 4 is 21.7 Å². The van der Waals surface area contributed by atoms with Crippen molar-refractivity contribution in [2.24, 2.45) is 5.92 Å². The number of anilines is 1. The molecule has 1 fully saturated rings. The molecular formula is C14H19F2N3O3S. The highest BCUT2D eigenvalue weighted by Crippen LogP contribution is 2.39. The number of halogens is 2. The maximum absolute atomic E-state index is 13.0. The average molecular weight is 347 g/mol. The van der Waals surface area contributed by atoms with Crippen LogP contribution in [-0.4, -0.2) is 38.2 Å². The molecule has 1 aliphatic rings. The maximum Gasteiger partial charge on any atom is 0.320 e. The molecule has 9 heteroatoms. The molecule has 0 aliphatic heterocycles. The summed E-state index contributed by atoms with van der Waals surface area (Å²) in [6.45, 7) is 0.300. The molecule has 1 unspecified atom stereocenters. The van der Waals surface area contributed by atoms with E-state index in [2.05, 4.69) is 15.6 Å². The minimum atomic E-state index is -3.33. The van der Waals surface area contributed by atoms with Crippen molar-refractivity contribution in [1.29, 1.82) is 0 Å². The number of carbonyl (C=O) groups is 1. The number of hydrogen-bond acceptors (Lipinski definition) is 4. The molecule has 2 rings (SSSR count). The van der Waals surface area contributed by atoms with E-state index in [0.29, 0.717) is 19.4 Å². The highest BCUT2D eigenvalue weighted by Gasteiger charge is 2.38. The lowest BCUT2D eigenvalue weighted by atomic mass is 10.0. The molecule has 128 valence electrons. The van der Waals surface area contributed by atoms with Gasteiger partial charge < -0.3 is 5.32 Å². The summed E-state index contributed by atoms with van der Waals surface area (Å²) in [5, 5.41) is 5.04. The van der Waals surface area contributed by atoms with Crippen LogP contribution in [0.3, 0.4) is 0 Å². The van der Waals surface area contributed by atoms with Crippen LogP contribution in [0.1, 0.15) is 25.7 Å². The van der Waals surface area contributed by atoms with Gasteiger partial charge in [0.2, 0.25) is 5.92 Å². The number of nitrogens with zero attached hydrogens (tertiary/aromatic N) is 1. The topological polar surface area (TPSA) is 88.2 Å². The Balaban J connectivity index is 1.75. The number of nitrogens with one attached hydrogen (secondary N) is 2. The van der Waals surface area contributed by atoms with Gasteiger partial charge in [0.05, 0.1) is 4.90 Å². The molecule has 6 nitrogen and oxygen atoms in total. The number of alkyl halides is 2. The molecule has 2 N–H and O–H groups in total. The van der Waals surface area contributed by atoms with E-state index >= 15 is 0 Å². The van der Waals surface area contributed by atoms with Gasteiger partial charge in [0.1, 0.15) is 5.82 Å². The number of urea groups is 1. The SMILES string of the molecule is CS(=O)(=O)c1ccc(NC(=O)NCCC2CCC(F)(F)C2)nc1. The molecule has 1 heterocycles. The Kier molecular flexibility index (Phi) is 5.18. The van der Waals surface area contributed by atoms with Crippen molar-refractivity contribution in [1.82, 2.24) is 10.3 Å². The highest BCUT2D eigenvalue weighted by molar-refractivity contribution is 7.90. The van der Waals surface area contributed by atoms with E-state index in [1.807, 2.05) is 0 Å². The summed E-state index contributed by atoms with van der Waals surface area (Å²) >= 11 is 0. The smallest absolute Gasteiger partial charge is 0.320 e. The number of hydrogen-bond donors (Lipinski definition) is 2. The fourth-order valence-electron chi connectivity index (χ4n) is 2.51. The lowest BCUT2D eigenvalue weighted by molar-refractivity contribution is 0.00478. The van der Waals surface area contributed by atoms with Gasteiger partial charge in [0.25, 0.3) is 0 Å². The molecule has 0 spiro atoms. The summed E-state index contributed by atoms with van der Waals surface area (Å²) in [6.07, 6.45) is 3.00. The van der Waals surface area contributed by atoms with Gasteiger partial charge in [-0.1, -0.05) is 0 Å². The second-order valence-corrected chi connectivity index (χ2v) is 7.80. The third-order valence-corrected chi connectivity index (χ3v) is 4.85. The van der Waals surface area contributed by atoms with Gasteiger partial charge in [-0.25, -0.2) is 27.0 Å². The van der Waals surface area contributed by atoms with Crippen LogP contribution in [0.5, 0.6) is 0 Å². The number of amides is 2. The van der Waals surface area contributed by atoms with Crippen molar-refractivity contribution in [2.75, 3.05) is 18.1 Å². The minimum absolute atomic E-state index is 0.0608. The summed E-state index contributed by atoms with van der Waals surface area (Å²) in [6, 6.07) is 2.22. The van der Waals surface area contributed by atoms with E-state index in [4.69, 9.17) is 0 Å². The van der Waals surface area contributed by atoms with Gasteiger partial charge in [0.15, 0.2) is 9.84 Å². The normalized spacial score (nSPS) is 20.2. The first-order valence-corrected chi connectivity index (χ1v) is 9.14. The quantitative estimate of drug-likeness (QED) is 0.856. The van der Waals surface area contributed by atoms with E-state index in [1.54, 1.807) is 0 Å². The van der Waals surface area contributed by atoms with Crippen molar-refractivity contribution < 1.29 is 22.0 Å². The number of rotatable bonds is 5. The van der Waals surface area contributed by atoms with Crippen molar-refractivity contribution in [3.63, 3.8) is 0 Å². The average Bonchev–Trinajstić information content (AvgIpc) is 2.78. The number of sulfone groups is 1. The summed E-state index contributed by atoms with van der Waals surface area (Å²) in [7, 11) is -3.33. The molecule has 2 amide bonds. The fraction of sp³-hybridized carbons (Fsp3) is 0.571. The molecule has 1 saturated carbocycles. The molecule has 0 radical (unpaired) electrons. The van der Waals surface area contributed by atoms with Crippen LogP contribution in [-0.2, 0) is 9.84 Å². The number of carbonyl (C=O) groups excluding carboxylic acids is 1. The van der Waals surface area contributed by atoms with Crippen molar-refractivity contribution in [3.05, 3.63) is 18.3 Å². The first-order valence-electron chi connectivity index (χ1n) is 7.24. The zero-order valence-corrected chi connectivity index (χ0v) is 13.5. The van der Waals surface area contributed by atoms with Gasteiger partial charge in [0, 0.05) is 31.8 Å². The van der Waals surface area contributed by atoms with Gasteiger partial charge in [-0.2, -0.15) is 0 Å². The second kappa shape index (κ2) is 6.77. The van der Waals surface area contributed by atoms with Crippen LogP contribution in [0, 0.1) is 5.92 Å². The largest absolute Gasteiger partial charge is 0.338 e. The Hall–Kier alpha value is -1.77. The second-order valence-electron chi connectivity index (χ2n) is 5.79. The molecule has 1 aromatic heterocycles.